The SMILES string of the molecule is COc1c(C(C)(C)F)ccc(C)c1C(=O)CN. The molecule has 1 aromatic carbocycles. The highest BCUT2D eigenvalue weighted by Gasteiger charge is 2.27. The molecule has 0 aliphatic heterocycles. The van der Waals surface area contributed by atoms with Crippen molar-refractivity contribution in [2.24, 2.45) is 5.73 Å². The second-order valence-corrected chi connectivity index (χ2v) is 4.44. The van der Waals surface area contributed by atoms with Crippen molar-refractivity contribution >= 4 is 5.78 Å². The Morgan fingerprint density at radius 1 is 1.47 bits per heavy atom. The van der Waals surface area contributed by atoms with Crippen molar-refractivity contribution in [3.63, 3.8) is 0 Å². The fraction of sp³-hybridized carbons (Fsp3) is 0.462. The summed E-state index contributed by atoms with van der Waals surface area (Å²) < 4.78 is 19.2. The zero-order valence-electron chi connectivity index (χ0n) is 10.6. The molecule has 0 bridgehead atoms. The number of carbonyl (C=O) groups excluding carboxylic acids is 1. The lowest BCUT2D eigenvalue weighted by Crippen LogP contribution is -2.19. The van der Waals surface area contributed by atoms with Crippen LogP contribution in [0, 0.1) is 6.92 Å². The first-order chi connectivity index (χ1) is 7.82. The lowest BCUT2D eigenvalue weighted by atomic mass is 9.92. The summed E-state index contributed by atoms with van der Waals surface area (Å²) in [6.07, 6.45) is 0. The van der Waals surface area contributed by atoms with Gasteiger partial charge in [0.2, 0.25) is 0 Å². The van der Waals surface area contributed by atoms with Gasteiger partial charge in [0.05, 0.1) is 19.2 Å². The summed E-state index contributed by atoms with van der Waals surface area (Å²) in [5, 5.41) is 0. The van der Waals surface area contributed by atoms with Gasteiger partial charge in [-0.2, -0.15) is 0 Å². The van der Waals surface area contributed by atoms with Gasteiger partial charge >= 0.3 is 0 Å². The molecule has 0 aromatic heterocycles. The van der Waals surface area contributed by atoms with Crippen molar-refractivity contribution in [2.75, 3.05) is 13.7 Å². The van der Waals surface area contributed by atoms with Crippen molar-refractivity contribution in [3.05, 3.63) is 28.8 Å². The van der Waals surface area contributed by atoms with E-state index < -0.39 is 5.67 Å². The summed E-state index contributed by atoms with van der Waals surface area (Å²) in [6, 6.07) is 3.35. The van der Waals surface area contributed by atoms with Crippen LogP contribution in [0.3, 0.4) is 0 Å². The van der Waals surface area contributed by atoms with E-state index >= 15 is 0 Å². The van der Waals surface area contributed by atoms with Crippen LogP contribution < -0.4 is 10.5 Å². The zero-order valence-corrected chi connectivity index (χ0v) is 10.6. The normalized spacial score (nSPS) is 11.4. The van der Waals surface area contributed by atoms with E-state index in [0.29, 0.717) is 11.1 Å². The zero-order chi connectivity index (χ0) is 13.2. The Labute approximate surface area is 101 Å². The number of hydrogen-bond acceptors (Lipinski definition) is 3. The molecule has 1 aromatic rings. The summed E-state index contributed by atoms with van der Waals surface area (Å²) in [4.78, 5) is 11.8. The van der Waals surface area contributed by atoms with Crippen LogP contribution in [-0.4, -0.2) is 19.4 Å². The molecule has 0 saturated heterocycles. The number of hydrogen-bond donors (Lipinski definition) is 1. The maximum absolute atomic E-state index is 14.0. The van der Waals surface area contributed by atoms with Crippen LogP contribution in [0.25, 0.3) is 0 Å². The van der Waals surface area contributed by atoms with Crippen LogP contribution in [0.4, 0.5) is 4.39 Å². The standard InChI is InChI=1S/C13H18FNO2/c1-8-5-6-9(13(2,3)14)12(17-4)11(8)10(16)7-15/h5-6H,7,15H2,1-4H3. The first kappa shape index (κ1) is 13.6. The Balaban J connectivity index is 3.53. The van der Waals surface area contributed by atoms with Gasteiger partial charge in [-0.1, -0.05) is 12.1 Å². The maximum Gasteiger partial charge on any atom is 0.180 e. The summed E-state index contributed by atoms with van der Waals surface area (Å²) in [5.74, 6) is 0.0402. The van der Waals surface area contributed by atoms with Crippen molar-refractivity contribution in [1.82, 2.24) is 0 Å². The maximum atomic E-state index is 14.0. The number of Topliss-reactive ketones (excluding diaryl/α,β-unsaturated/α-hetero) is 1. The minimum absolute atomic E-state index is 0.118. The van der Waals surface area contributed by atoms with E-state index in [2.05, 4.69) is 0 Å². The predicted molar refractivity (Wildman–Crippen MR) is 65.2 cm³/mol. The third-order valence-electron chi connectivity index (χ3n) is 2.67. The minimum atomic E-state index is -1.57. The molecule has 1 rings (SSSR count). The van der Waals surface area contributed by atoms with Gasteiger partial charge in [0.15, 0.2) is 5.78 Å². The smallest absolute Gasteiger partial charge is 0.180 e. The molecule has 0 amide bonds. The Kier molecular flexibility index (Phi) is 3.88. The van der Waals surface area contributed by atoms with Crippen molar-refractivity contribution in [1.29, 1.82) is 0 Å². The minimum Gasteiger partial charge on any atom is -0.496 e. The summed E-state index contributed by atoms with van der Waals surface area (Å²) in [6.45, 7) is 4.52. The summed E-state index contributed by atoms with van der Waals surface area (Å²) >= 11 is 0. The predicted octanol–water partition coefficient (Wildman–Crippen LogP) is 2.35. The van der Waals surface area contributed by atoms with E-state index in [1.165, 1.54) is 21.0 Å². The van der Waals surface area contributed by atoms with Crippen LogP contribution >= 0.6 is 0 Å². The fourth-order valence-electron chi connectivity index (χ4n) is 1.81. The van der Waals surface area contributed by atoms with E-state index in [1.807, 2.05) is 0 Å². The Morgan fingerprint density at radius 2 is 2.06 bits per heavy atom. The van der Waals surface area contributed by atoms with Crippen LogP contribution in [0.5, 0.6) is 5.75 Å². The highest BCUT2D eigenvalue weighted by atomic mass is 19.1. The first-order valence-electron chi connectivity index (χ1n) is 5.43. The van der Waals surface area contributed by atoms with Crippen molar-refractivity contribution in [3.8, 4) is 5.75 Å². The summed E-state index contributed by atoms with van der Waals surface area (Å²) in [7, 11) is 1.43. The molecule has 3 nitrogen and oxygen atoms in total. The Morgan fingerprint density at radius 3 is 2.47 bits per heavy atom. The number of ether oxygens (including phenoxy) is 1. The highest BCUT2D eigenvalue weighted by Crippen LogP contribution is 2.36. The number of benzene rings is 1. The van der Waals surface area contributed by atoms with Crippen molar-refractivity contribution < 1.29 is 13.9 Å². The van der Waals surface area contributed by atoms with Gasteiger partial charge in [-0.3, -0.25) is 4.79 Å². The molecule has 0 spiro atoms. The monoisotopic (exact) mass is 239 g/mol. The van der Waals surface area contributed by atoms with Crippen LogP contribution in [0.2, 0.25) is 0 Å². The van der Waals surface area contributed by atoms with Crippen molar-refractivity contribution in [2.45, 2.75) is 26.4 Å². The van der Waals surface area contributed by atoms with Crippen LogP contribution in [0.1, 0.15) is 35.3 Å². The number of nitrogens with two attached hydrogens (primary N) is 1. The van der Waals surface area contributed by atoms with Gasteiger partial charge in [0.1, 0.15) is 11.4 Å². The molecule has 94 valence electrons. The first-order valence-corrected chi connectivity index (χ1v) is 5.43. The molecular formula is C13H18FNO2. The molecule has 17 heavy (non-hydrogen) atoms. The highest BCUT2D eigenvalue weighted by molar-refractivity contribution is 6.01. The Hall–Kier alpha value is -1.42. The third kappa shape index (κ3) is 2.64. The van der Waals surface area contributed by atoms with E-state index in [1.54, 1.807) is 19.1 Å². The van der Waals surface area contributed by atoms with Crippen LogP contribution in [-0.2, 0) is 5.67 Å². The third-order valence-corrected chi connectivity index (χ3v) is 2.67. The number of alkyl halides is 1. The number of carbonyl (C=O) groups is 1. The largest absolute Gasteiger partial charge is 0.496 e. The van der Waals surface area contributed by atoms with E-state index in [4.69, 9.17) is 10.5 Å². The molecule has 2 N–H and O–H groups in total. The van der Waals surface area contributed by atoms with Gasteiger partial charge in [0.25, 0.3) is 0 Å². The quantitative estimate of drug-likeness (QED) is 0.820. The fourth-order valence-corrected chi connectivity index (χ4v) is 1.81. The topological polar surface area (TPSA) is 52.3 Å². The van der Waals surface area contributed by atoms with Gasteiger partial charge < -0.3 is 10.5 Å². The summed E-state index contributed by atoms with van der Waals surface area (Å²) in [5.41, 5.74) is 5.27. The molecule has 0 aliphatic rings. The molecule has 0 aliphatic carbocycles. The number of methoxy groups -OCH3 is 1. The van der Waals surface area contributed by atoms with Gasteiger partial charge in [-0.25, -0.2) is 4.39 Å². The molecule has 0 atom stereocenters. The Bertz CT molecular complexity index is 436. The average Bonchev–Trinajstić information content (AvgIpc) is 2.25. The molecular weight excluding hydrogens is 221 g/mol. The van der Waals surface area contributed by atoms with Gasteiger partial charge in [0, 0.05) is 5.56 Å². The molecule has 0 saturated carbocycles. The lowest BCUT2D eigenvalue weighted by Gasteiger charge is -2.21. The average molecular weight is 239 g/mol. The lowest BCUT2D eigenvalue weighted by molar-refractivity contribution is 0.0997. The molecule has 0 fully saturated rings. The molecule has 0 heterocycles. The molecule has 0 unspecified atom stereocenters. The van der Waals surface area contributed by atoms with Crippen LogP contribution in [0.15, 0.2) is 12.1 Å². The number of aryl methyl sites for hydroxylation is 1. The van der Waals surface area contributed by atoms with Gasteiger partial charge in [-0.05, 0) is 26.3 Å². The molecule has 4 heteroatoms. The number of rotatable bonds is 4. The van der Waals surface area contributed by atoms with Gasteiger partial charge in [-0.15, -0.1) is 0 Å². The number of halogens is 1. The van der Waals surface area contributed by atoms with E-state index in [9.17, 15) is 9.18 Å². The second-order valence-electron chi connectivity index (χ2n) is 4.44. The second kappa shape index (κ2) is 4.84. The van der Waals surface area contributed by atoms with E-state index in [0.717, 1.165) is 5.56 Å². The van der Waals surface area contributed by atoms with E-state index in [-0.39, 0.29) is 18.1 Å². The number of ketones is 1. The molecule has 0 radical (unpaired) electrons.